The quantitative estimate of drug-likeness (QED) is 0.414. The molecule has 0 saturated heterocycles. The fourth-order valence-electron chi connectivity index (χ4n) is 3.51. The molecule has 0 aromatic heterocycles. The Balaban J connectivity index is 1.33. The van der Waals surface area contributed by atoms with Gasteiger partial charge in [0.2, 0.25) is 0 Å². The molecule has 0 fully saturated rings. The first-order chi connectivity index (χ1) is 17.0. The molecule has 0 atom stereocenters. The van der Waals surface area contributed by atoms with Crippen molar-refractivity contribution in [3.8, 4) is 23.0 Å². The Labute approximate surface area is 208 Å². The van der Waals surface area contributed by atoms with Crippen molar-refractivity contribution >= 4 is 34.8 Å². The predicted octanol–water partition coefficient (Wildman–Crippen LogP) is 4.56. The molecule has 0 radical (unpaired) electrons. The van der Waals surface area contributed by atoms with Crippen LogP contribution < -0.4 is 29.2 Å². The fourth-order valence-corrected chi connectivity index (χ4v) is 3.70. The fraction of sp³-hybridized carbons (Fsp3) is 0.231. The Kier molecular flexibility index (Phi) is 7.95. The summed E-state index contributed by atoms with van der Waals surface area (Å²) >= 11 is 6.05. The summed E-state index contributed by atoms with van der Waals surface area (Å²) in [5.41, 5.74) is 1.12. The van der Waals surface area contributed by atoms with Crippen LogP contribution in [0.5, 0.6) is 23.0 Å². The Bertz CT molecular complexity index is 1180. The summed E-state index contributed by atoms with van der Waals surface area (Å²) in [4.78, 5) is 26.6. The summed E-state index contributed by atoms with van der Waals surface area (Å²) in [7, 11) is 1.61. The number of methoxy groups -OCH3 is 1. The number of carbonyl (C=O) groups excluding carboxylic acids is 2. The van der Waals surface area contributed by atoms with Gasteiger partial charge in [-0.05, 0) is 61.0 Å². The maximum Gasteiger partial charge on any atom is 0.265 e. The lowest BCUT2D eigenvalue weighted by Crippen LogP contribution is -2.39. The monoisotopic (exact) mass is 496 g/mol. The van der Waals surface area contributed by atoms with E-state index in [4.69, 9.17) is 30.5 Å². The van der Waals surface area contributed by atoms with Gasteiger partial charge in [-0.1, -0.05) is 23.7 Å². The number of fused-ring (bicyclic) bond motifs is 1. The molecule has 35 heavy (non-hydrogen) atoms. The van der Waals surface area contributed by atoms with Crippen LogP contribution in [-0.4, -0.2) is 45.3 Å². The van der Waals surface area contributed by atoms with Crippen LogP contribution in [0.3, 0.4) is 0 Å². The molecule has 8 nitrogen and oxygen atoms in total. The van der Waals surface area contributed by atoms with E-state index in [0.29, 0.717) is 47.5 Å². The number of rotatable bonds is 10. The number of hydrogen-bond acceptors (Lipinski definition) is 6. The number of nitrogens with one attached hydrogen (secondary N) is 1. The first-order valence-corrected chi connectivity index (χ1v) is 11.4. The normalized spacial score (nSPS) is 12.4. The number of para-hydroxylation sites is 1. The van der Waals surface area contributed by atoms with Gasteiger partial charge in [0.1, 0.15) is 23.0 Å². The van der Waals surface area contributed by atoms with Crippen molar-refractivity contribution in [2.24, 2.45) is 0 Å². The summed E-state index contributed by atoms with van der Waals surface area (Å²) in [6, 6.07) is 19.4. The lowest BCUT2D eigenvalue weighted by atomic mass is 10.2. The third kappa shape index (κ3) is 6.36. The van der Waals surface area contributed by atoms with Gasteiger partial charge in [0, 0.05) is 12.2 Å². The zero-order chi connectivity index (χ0) is 24.6. The minimum Gasteiger partial charge on any atom is -0.497 e. The molecular weight excluding hydrogens is 472 g/mol. The van der Waals surface area contributed by atoms with Crippen LogP contribution in [0.4, 0.5) is 11.4 Å². The molecule has 0 unspecified atom stereocenters. The van der Waals surface area contributed by atoms with Crippen LogP contribution in [0.1, 0.15) is 6.42 Å². The molecule has 182 valence electrons. The molecule has 3 aromatic carbocycles. The van der Waals surface area contributed by atoms with Gasteiger partial charge >= 0.3 is 0 Å². The number of hydrogen-bond donors (Lipinski definition) is 1. The Morgan fingerprint density at radius 3 is 2.60 bits per heavy atom. The Hall–Kier alpha value is -3.91. The van der Waals surface area contributed by atoms with Crippen LogP contribution in [0.2, 0.25) is 5.02 Å². The van der Waals surface area contributed by atoms with E-state index in [1.807, 2.05) is 24.3 Å². The molecule has 1 aliphatic rings. The van der Waals surface area contributed by atoms with Gasteiger partial charge in [0.15, 0.2) is 13.2 Å². The number of halogens is 1. The zero-order valence-electron chi connectivity index (χ0n) is 19.2. The molecule has 2 amide bonds. The molecule has 9 heteroatoms. The maximum absolute atomic E-state index is 12.5. The number of benzene rings is 3. The molecular formula is C26H25ClN2O6. The molecule has 4 rings (SSSR count). The standard InChI is InChI=1S/C26H25ClN2O6/c1-32-19-8-10-20(11-9-19)33-14-4-13-29-22-15-18(7-12-24(22)35-17-26(29)31)28-25(30)16-34-23-6-3-2-5-21(23)27/h2-3,5-12,15H,4,13-14,16-17H2,1H3,(H,28,30). The first kappa shape index (κ1) is 24.2. The summed E-state index contributed by atoms with van der Waals surface area (Å²) in [6.45, 7) is 0.632. The van der Waals surface area contributed by atoms with Gasteiger partial charge < -0.3 is 29.2 Å². The predicted molar refractivity (Wildman–Crippen MR) is 133 cm³/mol. The van der Waals surface area contributed by atoms with Crippen LogP contribution >= 0.6 is 11.6 Å². The average Bonchev–Trinajstić information content (AvgIpc) is 2.87. The second kappa shape index (κ2) is 11.5. The van der Waals surface area contributed by atoms with Crippen LogP contribution in [0, 0.1) is 0 Å². The highest BCUT2D eigenvalue weighted by Crippen LogP contribution is 2.34. The van der Waals surface area contributed by atoms with E-state index in [0.717, 1.165) is 11.5 Å². The van der Waals surface area contributed by atoms with Crippen molar-refractivity contribution in [2.45, 2.75) is 6.42 Å². The molecule has 1 heterocycles. The number of amides is 2. The molecule has 3 aromatic rings. The second-order valence-electron chi connectivity index (χ2n) is 7.66. The SMILES string of the molecule is COc1ccc(OCCCN2C(=O)COc3ccc(NC(=O)COc4ccccc4Cl)cc32)cc1. The van der Waals surface area contributed by atoms with Crippen molar-refractivity contribution in [2.75, 3.05) is 43.7 Å². The third-order valence-electron chi connectivity index (χ3n) is 5.24. The van der Waals surface area contributed by atoms with Gasteiger partial charge in [-0.3, -0.25) is 9.59 Å². The van der Waals surface area contributed by atoms with Crippen molar-refractivity contribution in [1.29, 1.82) is 0 Å². The smallest absolute Gasteiger partial charge is 0.265 e. The van der Waals surface area contributed by atoms with Gasteiger partial charge in [-0.2, -0.15) is 0 Å². The van der Waals surface area contributed by atoms with Crippen molar-refractivity contribution in [3.05, 3.63) is 71.8 Å². The van der Waals surface area contributed by atoms with E-state index in [2.05, 4.69) is 5.32 Å². The maximum atomic E-state index is 12.5. The topological polar surface area (TPSA) is 86.3 Å². The van der Waals surface area contributed by atoms with Crippen LogP contribution in [0.25, 0.3) is 0 Å². The molecule has 1 N–H and O–H groups in total. The van der Waals surface area contributed by atoms with Gasteiger partial charge in [0.05, 0.1) is 24.4 Å². The summed E-state index contributed by atoms with van der Waals surface area (Å²) in [5.74, 6) is 1.97. The Morgan fingerprint density at radius 2 is 1.83 bits per heavy atom. The zero-order valence-corrected chi connectivity index (χ0v) is 19.9. The van der Waals surface area contributed by atoms with Crippen molar-refractivity contribution in [3.63, 3.8) is 0 Å². The molecule has 0 spiro atoms. The Morgan fingerprint density at radius 1 is 1.06 bits per heavy atom. The van der Waals surface area contributed by atoms with E-state index < -0.39 is 0 Å². The molecule has 0 saturated carbocycles. The van der Waals surface area contributed by atoms with E-state index in [1.54, 1.807) is 54.5 Å². The largest absolute Gasteiger partial charge is 0.497 e. The van der Waals surface area contributed by atoms with Gasteiger partial charge in [-0.15, -0.1) is 0 Å². The van der Waals surface area contributed by atoms with Crippen molar-refractivity contribution in [1.82, 2.24) is 0 Å². The highest BCUT2D eigenvalue weighted by molar-refractivity contribution is 6.32. The molecule has 0 bridgehead atoms. The van der Waals surface area contributed by atoms with E-state index in [9.17, 15) is 9.59 Å². The number of anilines is 2. The van der Waals surface area contributed by atoms with Crippen molar-refractivity contribution < 1.29 is 28.5 Å². The summed E-state index contributed by atoms with van der Waals surface area (Å²) < 4.78 is 21.9. The van der Waals surface area contributed by atoms with Gasteiger partial charge in [0.25, 0.3) is 11.8 Å². The van der Waals surface area contributed by atoms with E-state index in [1.165, 1.54) is 0 Å². The number of nitrogens with zero attached hydrogens (tertiary/aromatic N) is 1. The second-order valence-corrected chi connectivity index (χ2v) is 8.07. The van der Waals surface area contributed by atoms with Crippen LogP contribution in [-0.2, 0) is 9.59 Å². The summed E-state index contributed by atoms with van der Waals surface area (Å²) in [6.07, 6.45) is 0.611. The average molecular weight is 497 g/mol. The summed E-state index contributed by atoms with van der Waals surface area (Å²) in [5, 5.41) is 3.21. The lowest BCUT2D eigenvalue weighted by molar-refractivity contribution is -0.121. The highest BCUT2D eigenvalue weighted by Gasteiger charge is 2.25. The van der Waals surface area contributed by atoms with Crippen LogP contribution in [0.15, 0.2) is 66.7 Å². The van der Waals surface area contributed by atoms with E-state index >= 15 is 0 Å². The van der Waals surface area contributed by atoms with Gasteiger partial charge in [-0.25, -0.2) is 0 Å². The molecule has 1 aliphatic heterocycles. The molecule has 0 aliphatic carbocycles. The minimum absolute atomic E-state index is 0.0380. The first-order valence-electron chi connectivity index (χ1n) is 11.0. The third-order valence-corrected chi connectivity index (χ3v) is 5.55. The number of carbonyl (C=O) groups is 2. The lowest BCUT2D eigenvalue weighted by Gasteiger charge is -2.30. The van der Waals surface area contributed by atoms with E-state index in [-0.39, 0.29) is 25.0 Å². The minimum atomic E-state index is -0.354. The number of ether oxygens (including phenoxy) is 4. The highest BCUT2D eigenvalue weighted by atomic mass is 35.5.